The Balaban J connectivity index is 0.00000259. The number of halogens is 1. The number of aromatic nitrogens is 1. The summed E-state index contributed by atoms with van der Waals surface area (Å²) in [5.74, 6) is 2.05. The van der Waals surface area contributed by atoms with E-state index in [4.69, 9.17) is 13.8 Å². The molecule has 6 heteroatoms. The van der Waals surface area contributed by atoms with Crippen LogP contribution in [0.15, 0.2) is 123 Å². The molecule has 33 heavy (non-hydrogen) atoms. The summed E-state index contributed by atoms with van der Waals surface area (Å²) in [6.07, 6.45) is 1.65. The molecule has 0 atom stereocenters. The molecule has 0 N–H and O–H groups in total. The Morgan fingerprint density at radius 2 is 1.24 bits per heavy atom. The predicted molar refractivity (Wildman–Crippen MR) is 151 cm³/mol. The van der Waals surface area contributed by atoms with Crippen LogP contribution in [0.3, 0.4) is 0 Å². The molecule has 0 fully saturated rings. The van der Waals surface area contributed by atoms with Crippen LogP contribution >= 0.6 is 43.0 Å². The van der Waals surface area contributed by atoms with Crippen molar-refractivity contribution in [3.8, 4) is 11.7 Å². The fraction of sp³-hybridized carbons (Fsp3) is 0.0741. The molecule has 0 spiro atoms. The van der Waals surface area contributed by atoms with Gasteiger partial charge in [0.05, 0.1) is 6.26 Å². The third-order valence-corrected chi connectivity index (χ3v) is 10.5. The molecular formula is C27H24INO2PS+. The highest BCUT2D eigenvalue weighted by Gasteiger charge is 2.53. The normalized spacial score (nSPS) is 11.2. The fourth-order valence-corrected chi connectivity index (χ4v) is 9.24. The zero-order valence-electron chi connectivity index (χ0n) is 18.1. The van der Waals surface area contributed by atoms with E-state index < -0.39 is 7.26 Å². The number of furan rings is 1. The number of hydrogen-bond donors (Lipinski definition) is 0. The smallest absolute Gasteiger partial charge is 0.267 e. The molecule has 0 unspecified atom stereocenters. The monoisotopic (exact) mass is 584 g/mol. The number of benzene rings is 3. The van der Waals surface area contributed by atoms with Gasteiger partial charge in [0.25, 0.3) is 11.3 Å². The minimum Gasteiger partial charge on any atom is -0.459 e. The van der Waals surface area contributed by atoms with Gasteiger partial charge in [-0.05, 0) is 54.3 Å². The average Bonchev–Trinajstić information content (AvgIpc) is 3.53. The molecule has 0 amide bonds. The molecule has 0 aliphatic carbocycles. The van der Waals surface area contributed by atoms with Gasteiger partial charge in [0.2, 0.25) is 5.09 Å². The molecule has 3 nitrogen and oxygen atoms in total. The molecule has 0 aliphatic heterocycles. The standard InChI is InChI=1S/C27H23NO2PS.HI/c1-2-32-27-26(28-25(30-27)24-19-12-20-29-24)31(21-13-6-3-7-14-21,22-15-8-4-9-16-22)23-17-10-5-11-18-23;/h3-20H,2H2,1H3;1H/q+1;. The van der Waals surface area contributed by atoms with Crippen molar-refractivity contribution in [3.05, 3.63) is 109 Å². The zero-order valence-corrected chi connectivity index (χ0v) is 22.2. The highest BCUT2D eigenvalue weighted by Crippen LogP contribution is 2.56. The Kier molecular flexibility index (Phi) is 7.74. The van der Waals surface area contributed by atoms with E-state index in [-0.39, 0.29) is 24.0 Å². The van der Waals surface area contributed by atoms with Crippen molar-refractivity contribution in [2.75, 3.05) is 5.75 Å². The van der Waals surface area contributed by atoms with Crippen LogP contribution in [0, 0.1) is 0 Å². The second-order valence-corrected chi connectivity index (χ2v) is 11.8. The minimum absolute atomic E-state index is 0. The number of thioether (sulfide) groups is 1. The van der Waals surface area contributed by atoms with E-state index >= 15 is 0 Å². The Bertz CT molecular complexity index is 1180. The van der Waals surface area contributed by atoms with Crippen molar-refractivity contribution in [2.45, 2.75) is 12.0 Å². The molecule has 0 bridgehead atoms. The van der Waals surface area contributed by atoms with E-state index in [0.717, 1.165) is 16.3 Å². The van der Waals surface area contributed by atoms with Crippen LogP contribution in [0.2, 0.25) is 0 Å². The van der Waals surface area contributed by atoms with Crippen molar-refractivity contribution in [1.82, 2.24) is 4.98 Å². The van der Waals surface area contributed by atoms with Gasteiger partial charge >= 0.3 is 0 Å². The number of hydrogen-bond acceptors (Lipinski definition) is 4. The second kappa shape index (κ2) is 10.7. The van der Waals surface area contributed by atoms with Crippen molar-refractivity contribution in [1.29, 1.82) is 0 Å². The molecule has 166 valence electrons. The number of rotatable bonds is 7. The molecule has 5 rings (SSSR count). The summed E-state index contributed by atoms with van der Waals surface area (Å²) in [5.41, 5.74) is 0.986. The van der Waals surface area contributed by atoms with Crippen LogP contribution in [0.25, 0.3) is 11.7 Å². The van der Waals surface area contributed by atoms with Gasteiger partial charge in [0.15, 0.2) is 13.0 Å². The van der Waals surface area contributed by atoms with Crippen LogP contribution < -0.4 is 21.3 Å². The summed E-state index contributed by atoms with van der Waals surface area (Å²) in [7, 11) is -2.32. The first kappa shape index (κ1) is 23.8. The lowest BCUT2D eigenvalue weighted by molar-refractivity contribution is 0.462. The lowest BCUT2D eigenvalue weighted by atomic mass is 10.4. The van der Waals surface area contributed by atoms with Gasteiger partial charge in [-0.1, -0.05) is 73.3 Å². The van der Waals surface area contributed by atoms with Crippen LogP contribution in [-0.2, 0) is 0 Å². The first-order valence-electron chi connectivity index (χ1n) is 10.6. The Morgan fingerprint density at radius 3 is 1.67 bits per heavy atom. The maximum absolute atomic E-state index is 6.36. The van der Waals surface area contributed by atoms with Crippen molar-refractivity contribution in [3.63, 3.8) is 0 Å². The van der Waals surface area contributed by atoms with E-state index in [1.807, 2.05) is 12.1 Å². The molecule has 2 aromatic heterocycles. The van der Waals surface area contributed by atoms with E-state index in [9.17, 15) is 0 Å². The first-order valence-corrected chi connectivity index (χ1v) is 13.4. The summed E-state index contributed by atoms with van der Waals surface area (Å²) in [6, 6.07) is 35.9. The van der Waals surface area contributed by atoms with Crippen molar-refractivity contribution >= 4 is 64.3 Å². The molecule has 0 saturated heterocycles. The van der Waals surface area contributed by atoms with Crippen LogP contribution in [0.5, 0.6) is 0 Å². The lowest BCUT2D eigenvalue weighted by Crippen LogP contribution is -2.40. The minimum atomic E-state index is -2.32. The SMILES string of the molecule is CCSc1oc(-c2ccco2)nc1[P+](c1ccccc1)(c1ccccc1)c1ccccc1.I. The maximum Gasteiger partial charge on any atom is 0.267 e. The van der Waals surface area contributed by atoms with E-state index in [0.29, 0.717) is 11.7 Å². The number of oxazole rings is 1. The summed E-state index contributed by atoms with van der Waals surface area (Å²) in [6.45, 7) is 2.14. The first-order chi connectivity index (χ1) is 15.8. The summed E-state index contributed by atoms with van der Waals surface area (Å²) in [4.78, 5) is 5.14. The Hall–Kier alpha value is -2.34. The Labute approximate surface area is 216 Å². The molecule has 0 saturated carbocycles. The molecule has 2 heterocycles. The van der Waals surface area contributed by atoms with Crippen LogP contribution in [-0.4, -0.2) is 10.7 Å². The van der Waals surface area contributed by atoms with Crippen molar-refractivity contribution in [2.24, 2.45) is 0 Å². The second-order valence-electron chi connectivity index (χ2n) is 7.22. The van der Waals surface area contributed by atoms with Crippen LogP contribution in [0.1, 0.15) is 6.92 Å². The molecule has 5 aromatic rings. The van der Waals surface area contributed by atoms with Crippen LogP contribution in [0.4, 0.5) is 0 Å². The predicted octanol–water partition coefficient (Wildman–Crippen LogP) is 6.28. The quantitative estimate of drug-likeness (QED) is 0.128. The highest BCUT2D eigenvalue weighted by molar-refractivity contribution is 14.0. The fourth-order valence-electron chi connectivity index (χ4n) is 4.01. The lowest BCUT2D eigenvalue weighted by Gasteiger charge is -2.25. The van der Waals surface area contributed by atoms with Crippen molar-refractivity contribution < 1.29 is 8.83 Å². The molecule has 0 aliphatic rings. The van der Waals surface area contributed by atoms with E-state index in [1.54, 1.807) is 18.0 Å². The average molecular weight is 584 g/mol. The molecule has 3 aromatic carbocycles. The third kappa shape index (κ3) is 4.42. The largest absolute Gasteiger partial charge is 0.459 e. The van der Waals surface area contributed by atoms with Gasteiger partial charge in [-0.15, -0.1) is 24.0 Å². The van der Waals surface area contributed by atoms with E-state index in [1.165, 1.54) is 15.9 Å². The van der Waals surface area contributed by atoms with Gasteiger partial charge < -0.3 is 8.83 Å². The highest BCUT2D eigenvalue weighted by atomic mass is 127. The summed E-state index contributed by atoms with van der Waals surface area (Å²) < 4.78 is 12.0. The van der Waals surface area contributed by atoms with Gasteiger partial charge in [-0.2, -0.15) is 4.98 Å². The van der Waals surface area contributed by atoms with Gasteiger partial charge in [-0.3, -0.25) is 0 Å². The van der Waals surface area contributed by atoms with E-state index in [2.05, 4.69) is 97.9 Å². The maximum atomic E-state index is 6.36. The third-order valence-electron chi connectivity index (χ3n) is 5.33. The Morgan fingerprint density at radius 1 is 0.727 bits per heavy atom. The zero-order chi connectivity index (χ0) is 21.8. The van der Waals surface area contributed by atoms with Gasteiger partial charge in [0.1, 0.15) is 15.9 Å². The molecular weight excluding hydrogens is 560 g/mol. The van der Waals surface area contributed by atoms with Gasteiger partial charge in [0, 0.05) is 0 Å². The molecule has 0 radical (unpaired) electrons. The summed E-state index contributed by atoms with van der Waals surface area (Å²) in [5, 5.41) is 4.59. The van der Waals surface area contributed by atoms with Gasteiger partial charge in [-0.25, -0.2) is 0 Å². The summed E-state index contributed by atoms with van der Waals surface area (Å²) >= 11 is 1.69. The number of nitrogens with zero attached hydrogens (tertiary/aromatic N) is 1. The topological polar surface area (TPSA) is 39.2 Å².